The van der Waals surface area contributed by atoms with Crippen LogP contribution in [0.3, 0.4) is 0 Å². The van der Waals surface area contributed by atoms with Gasteiger partial charge in [-0.25, -0.2) is 5.32 Å². The molecule has 0 amide bonds. The smallest absolute Gasteiger partial charge is 0.185 e. The van der Waals surface area contributed by atoms with Crippen LogP contribution >= 0.6 is 0 Å². The number of nitrogens with one attached hydrogen (secondary N) is 2. The van der Waals surface area contributed by atoms with Crippen LogP contribution in [0.4, 0.5) is 0 Å². The van der Waals surface area contributed by atoms with E-state index in [1.807, 2.05) is 6.92 Å². The van der Waals surface area contributed by atoms with Crippen LogP contribution in [-0.4, -0.2) is 25.1 Å². The second-order valence-corrected chi connectivity index (χ2v) is 2.70. The van der Waals surface area contributed by atoms with E-state index in [0.29, 0.717) is 12.0 Å². The van der Waals surface area contributed by atoms with Crippen molar-refractivity contribution in [3.05, 3.63) is 0 Å². The standard InChI is InChI=1S/C6H13N4/c1-4(10-6(7)8)5-2-9-3-5/h4-5H,2-3H2,1H3,(H4,7,8,10). The van der Waals surface area contributed by atoms with Crippen LogP contribution in [-0.2, 0) is 0 Å². The van der Waals surface area contributed by atoms with Gasteiger partial charge < -0.3 is 11.1 Å². The van der Waals surface area contributed by atoms with Gasteiger partial charge in [0.25, 0.3) is 0 Å². The van der Waals surface area contributed by atoms with E-state index in [1.165, 1.54) is 0 Å². The van der Waals surface area contributed by atoms with Crippen molar-refractivity contribution in [3.63, 3.8) is 0 Å². The molecule has 1 aliphatic rings. The maximum atomic E-state index is 6.95. The Hall–Kier alpha value is -0.770. The molecule has 0 saturated carbocycles. The van der Waals surface area contributed by atoms with Crippen molar-refractivity contribution in [1.82, 2.24) is 10.6 Å². The molecule has 0 spiro atoms. The van der Waals surface area contributed by atoms with Crippen molar-refractivity contribution >= 4 is 5.96 Å². The van der Waals surface area contributed by atoms with Gasteiger partial charge in [-0.2, -0.15) is 0 Å². The molecule has 1 atom stereocenters. The minimum atomic E-state index is 0.0550. The number of hydrogen-bond acceptors (Lipinski definition) is 1. The molecule has 1 heterocycles. The van der Waals surface area contributed by atoms with Crippen LogP contribution in [0.15, 0.2) is 0 Å². The Kier molecular flexibility index (Phi) is 2.11. The third-order valence-electron chi connectivity index (χ3n) is 1.82. The average Bonchev–Trinajstić information content (AvgIpc) is 1.55. The summed E-state index contributed by atoms with van der Waals surface area (Å²) in [5.41, 5.74) is 5.15. The summed E-state index contributed by atoms with van der Waals surface area (Å²) in [6.45, 7) is 3.86. The van der Waals surface area contributed by atoms with Crippen LogP contribution in [0.2, 0.25) is 0 Å². The summed E-state index contributed by atoms with van der Waals surface area (Å²) < 4.78 is 0. The lowest BCUT2D eigenvalue weighted by Crippen LogP contribution is -2.51. The van der Waals surface area contributed by atoms with E-state index < -0.39 is 0 Å². The fourth-order valence-electron chi connectivity index (χ4n) is 0.958. The lowest BCUT2D eigenvalue weighted by molar-refractivity contribution is 0.281. The van der Waals surface area contributed by atoms with Crippen molar-refractivity contribution in [2.24, 2.45) is 11.7 Å². The Balaban J connectivity index is 2.19. The summed E-state index contributed by atoms with van der Waals surface area (Å²) in [5.74, 6) is 0.642. The summed E-state index contributed by atoms with van der Waals surface area (Å²) in [4.78, 5) is 0. The van der Waals surface area contributed by atoms with Gasteiger partial charge in [-0.1, -0.05) is 0 Å². The molecule has 1 fully saturated rings. The zero-order valence-electron chi connectivity index (χ0n) is 6.09. The number of rotatable bonds is 2. The number of nitrogens with two attached hydrogens (primary N) is 1. The second kappa shape index (κ2) is 2.88. The zero-order valence-corrected chi connectivity index (χ0v) is 6.09. The minimum absolute atomic E-state index is 0.0550. The average molecular weight is 141 g/mol. The van der Waals surface area contributed by atoms with Gasteiger partial charge in [0.05, 0.1) is 0 Å². The molecule has 4 heteroatoms. The summed E-state index contributed by atoms with van der Waals surface area (Å²) in [6.07, 6.45) is 0. The molecule has 0 aromatic carbocycles. The topological polar surface area (TPSA) is 76.0 Å². The van der Waals surface area contributed by atoms with E-state index in [0.717, 1.165) is 13.1 Å². The fourth-order valence-corrected chi connectivity index (χ4v) is 0.958. The van der Waals surface area contributed by atoms with E-state index in [4.69, 9.17) is 11.1 Å². The number of nitrogens with zero attached hydrogens (tertiary/aromatic N) is 1. The lowest BCUT2D eigenvalue weighted by Gasteiger charge is -2.31. The fraction of sp³-hybridized carbons (Fsp3) is 0.833. The van der Waals surface area contributed by atoms with Crippen molar-refractivity contribution in [2.75, 3.05) is 13.1 Å². The van der Waals surface area contributed by atoms with E-state index in [2.05, 4.69) is 10.6 Å². The molecule has 0 aliphatic carbocycles. The van der Waals surface area contributed by atoms with Gasteiger partial charge in [0.2, 0.25) is 0 Å². The Morgan fingerprint density at radius 2 is 2.40 bits per heavy atom. The Bertz CT molecular complexity index is 130. The summed E-state index contributed by atoms with van der Waals surface area (Å²) in [7, 11) is 0. The third-order valence-corrected chi connectivity index (χ3v) is 1.82. The first-order chi connectivity index (χ1) is 4.70. The molecule has 57 valence electrons. The van der Waals surface area contributed by atoms with Crippen molar-refractivity contribution in [3.8, 4) is 0 Å². The van der Waals surface area contributed by atoms with Gasteiger partial charge in [0, 0.05) is 25.0 Å². The highest BCUT2D eigenvalue weighted by Gasteiger charge is 2.24. The molecule has 0 bridgehead atoms. The third kappa shape index (κ3) is 1.60. The van der Waals surface area contributed by atoms with E-state index >= 15 is 0 Å². The van der Waals surface area contributed by atoms with E-state index in [-0.39, 0.29) is 5.96 Å². The molecular formula is C6H13N4. The molecule has 1 radical (unpaired) electrons. The Morgan fingerprint density at radius 3 is 2.70 bits per heavy atom. The molecule has 1 rings (SSSR count). The van der Waals surface area contributed by atoms with Gasteiger partial charge in [-0.15, -0.1) is 0 Å². The largest absolute Gasteiger partial charge is 0.370 e. The van der Waals surface area contributed by atoms with Gasteiger partial charge in [0.1, 0.15) is 0 Å². The molecule has 1 aliphatic heterocycles. The molecule has 0 aromatic rings. The van der Waals surface area contributed by atoms with Crippen LogP contribution in [0.1, 0.15) is 6.92 Å². The Morgan fingerprint density at radius 1 is 1.80 bits per heavy atom. The normalized spacial score (nSPS) is 21.3. The van der Waals surface area contributed by atoms with E-state index in [1.54, 1.807) is 0 Å². The number of hydrogen-bond donors (Lipinski definition) is 3. The predicted octanol–water partition coefficient (Wildman–Crippen LogP) is -0.908. The quantitative estimate of drug-likeness (QED) is 0.344. The molecule has 0 aromatic heterocycles. The van der Waals surface area contributed by atoms with Crippen LogP contribution in [0.25, 0.3) is 0 Å². The zero-order chi connectivity index (χ0) is 7.56. The first kappa shape index (κ1) is 7.34. The summed E-state index contributed by atoms with van der Waals surface area (Å²) in [6, 6.07) is 0.301. The predicted molar refractivity (Wildman–Crippen MR) is 39.9 cm³/mol. The molecule has 10 heavy (non-hydrogen) atoms. The highest BCUT2D eigenvalue weighted by molar-refractivity contribution is 5.74. The minimum Gasteiger partial charge on any atom is -0.370 e. The lowest BCUT2D eigenvalue weighted by atomic mass is 9.95. The molecule has 1 unspecified atom stereocenters. The summed E-state index contributed by atoms with van der Waals surface area (Å²) in [5, 5.41) is 13.9. The molecule has 4 N–H and O–H groups in total. The monoisotopic (exact) mass is 141 g/mol. The van der Waals surface area contributed by atoms with Gasteiger partial charge in [-0.3, -0.25) is 5.41 Å². The van der Waals surface area contributed by atoms with Crippen LogP contribution in [0, 0.1) is 11.3 Å². The summed E-state index contributed by atoms with van der Waals surface area (Å²) >= 11 is 0. The van der Waals surface area contributed by atoms with Crippen LogP contribution < -0.4 is 16.4 Å². The highest BCUT2D eigenvalue weighted by Crippen LogP contribution is 2.09. The molecule has 1 saturated heterocycles. The van der Waals surface area contributed by atoms with Gasteiger partial charge >= 0.3 is 0 Å². The molecule has 4 nitrogen and oxygen atoms in total. The van der Waals surface area contributed by atoms with Crippen molar-refractivity contribution < 1.29 is 0 Å². The first-order valence-electron chi connectivity index (χ1n) is 3.44. The second-order valence-electron chi connectivity index (χ2n) is 2.70. The maximum absolute atomic E-state index is 6.95. The van der Waals surface area contributed by atoms with Crippen LogP contribution in [0.5, 0.6) is 0 Å². The van der Waals surface area contributed by atoms with Gasteiger partial charge in [0.15, 0.2) is 5.96 Å². The maximum Gasteiger partial charge on any atom is 0.185 e. The van der Waals surface area contributed by atoms with E-state index in [9.17, 15) is 0 Å². The first-order valence-corrected chi connectivity index (χ1v) is 3.44. The highest BCUT2D eigenvalue weighted by atomic mass is 15.1. The number of guanidine groups is 1. The molecular weight excluding hydrogens is 128 g/mol. The SMILES string of the molecule is CC(NC(=N)N)C1C[N]C1. The van der Waals surface area contributed by atoms with Gasteiger partial charge in [-0.05, 0) is 6.92 Å². The van der Waals surface area contributed by atoms with Crippen molar-refractivity contribution in [1.29, 1.82) is 5.41 Å². The van der Waals surface area contributed by atoms with Crippen molar-refractivity contribution in [2.45, 2.75) is 13.0 Å². The Labute approximate surface area is 60.7 Å².